The van der Waals surface area contributed by atoms with Crippen LogP contribution in [0.2, 0.25) is 5.02 Å². The summed E-state index contributed by atoms with van der Waals surface area (Å²) in [5.74, 6) is 0. The van der Waals surface area contributed by atoms with Gasteiger partial charge in [-0.1, -0.05) is 29.0 Å². The molecule has 4 nitrogen and oxygen atoms in total. The number of halogens is 1. The van der Waals surface area contributed by atoms with E-state index in [0.717, 1.165) is 5.69 Å². The highest BCUT2D eigenvalue weighted by atomic mass is 35.5. The van der Waals surface area contributed by atoms with Crippen molar-refractivity contribution in [3.8, 4) is 0 Å². The van der Waals surface area contributed by atoms with E-state index in [4.69, 9.17) is 11.6 Å². The minimum atomic E-state index is 0.505. The first-order valence-corrected chi connectivity index (χ1v) is 3.91. The average Bonchev–Trinajstić information content (AvgIpc) is 2.57. The molecule has 1 aromatic rings. The second kappa shape index (κ2) is 3.08. The molecule has 0 saturated carbocycles. The van der Waals surface area contributed by atoms with Crippen molar-refractivity contribution in [1.82, 2.24) is 5.43 Å². The van der Waals surface area contributed by atoms with Crippen LogP contribution in [0.5, 0.6) is 0 Å². The highest BCUT2D eigenvalue weighted by Gasteiger charge is 2.11. The average molecular weight is 183 g/mol. The number of para-hydroxylation sites is 1. The molecule has 1 aliphatic heterocycles. The van der Waals surface area contributed by atoms with Crippen LogP contribution in [0.1, 0.15) is 0 Å². The zero-order valence-electron chi connectivity index (χ0n) is 6.24. The summed E-state index contributed by atoms with van der Waals surface area (Å²) in [5, 5.41) is 9.81. The van der Waals surface area contributed by atoms with Gasteiger partial charge in [0, 0.05) is 0 Å². The summed E-state index contributed by atoms with van der Waals surface area (Å²) in [4.78, 5) is 0. The predicted molar refractivity (Wildman–Crippen MR) is 46.8 cm³/mol. The van der Waals surface area contributed by atoms with Gasteiger partial charge in [0.2, 0.25) is 0 Å². The van der Waals surface area contributed by atoms with E-state index < -0.39 is 0 Å². The van der Waals surface area contributed by atoms with Gasteiger partial charge in [0.15, 0.2) is 0 Å². The quantitative estimate of drug-likeness (QED) is 0.722. The van der Waals surface area contributed by atoms with Crippen LogP contribution in [-0.4, -0.2) is 6.67 Å². The standard InChI is InChI=1S/C7H7ClN4/c8-6-3-1-2-4-7(6)12-10-5-9-11-12/h1-4,10H,5H2. The fraction of sp³-hybridized carbons (Fsp3) is 0.143. The third-order valence-electron chi connectivity index (χ3n) is 1.52. The number of hydrogen-bond donors (Lipinski definition) is 1. The number of nitrogens with zero attached hydrogens (tertiary/aromatic N) is 3. The summed E-state index contributed by atoms with van der Waals surface area (Å²) in [6, 6.07) is 7.46. The molecule has 1 aromatic carbocycles. The Balaban J connectivity index is 2.33. The second-order valence-corrected chi connectivity index (χ2v) is 2.72. The molecule has 0 aromatic heterocycles. The maximum absolute atomic E-state index is 5.92. The van der Waals surface area contributed by atoms with Crippen molar-refractivity contribution in [2.24, 2.45) is 10.3 Å². The van der Waals surface area contributed by atoms with Crippen molar-refractivity contribution in [3.63, 3.8) is 0 Å². The molecule has 0 amide bonds. The summed E-state index contributed by atoms with van der Waals surface area (Å²) < 4.78 is 0. The Kier molecular flexibility index (Phi) is 1.93. The van der Waals surface area contributed by atoms with E-state index in [1.165, 1.54) is 0 Å². The van der Waals surface area contributed by atoms with Crippen LogP contribution < -0.4 is 10.5 Å². The lowest BCUT2D eigenvalue weighted by molar-refractivity contribution is 0.751. The maximum atomic E-state index is 5.92. The minimum Gasteiger partial charge on any atom is -0.188 e. The fourth-order valence-corrected chi connectivity index (χ4v) is 1.20. The minimum absolute atomic E-state index is 0.505. The van der Waals surface area contributed by atoms with Crippen LogP contribution in [0.3, 0.4) is 0 Å². The molecule has 1 N–H and O–H groups in total. The van der Waals surface area contributed by atoms with Crippen molar-refractivity contribution in [2.45, 2.75) is 0 Å². The SMILES string of the molecule is Clc1ccccc1N1N=NCN1. The zero-order chi connectivity index (χ0) is 8.39. The number of rotatable bonds is 1. The first-order chi connectivity index (χ1) is 5.88. The van der Waals surface area contributed by atoms with Crippen molar-refractivity contribution in [1.29, 1.82) is 0 Å². The molecular weight excluding hydrogens is 176 g/mol. The third kappa shape index (κ3) is 1.26. The molecule has 62 valence electrons. The molecule has 12 heavy (non-hydrogen) atoms. The van der Waals surface area contributed by atoms with E-state index in [1.54, 1.807) is 5.12 Å². The monoisotopic (exact) mass is 182 g/mol. The summed E-state index contributed by atoms with van der Waals surface area (Å²) in [5.41, 5.74) is 3.75. The summed E-state index contributed by atoms with van der Waals surface area (Å²) in [7, 11) is 0. The second-order valence-electron chi connectivity index (χ2n) is 2.31. The molecule has 0 fully saturated rings. The largest absolute Gasteiger partial charge is 0.188 e. The van der Waals surface area contributed by atoms with Gasteiger partial charge in [-0.15, -0.1) is 0 Å². The first-order valence-electron chi connectivity index (χ1n) is 3.53. The van der Waals surface area contributed by atoms with Crippen LogP contribution in [0.25, 0.3) is 0 Å². The molecule has 1 aliphatic rings. The fourth-order valence-electron chi connectivity index (χ4n) is 0.982. The lowest BCUT2D eigenvalue weighted by Crippen LogP contribution is -2.28. The molecule has 2 rings (SSSR count). The van der Waals surface area contributed by atoms with Crippen LogP contribution >= 0.6 is 11.6 Å². The van der Waals surface area contributed by atoms with Crippen molar-refractivity contribution in [2.75, 3.05) is 11.8 Å². The number of nitrogens with one attached hydrogen (secondary N) is 1. The molecule has 0 spiro atoms. The van der Waals surface area contributed by atoms with Gasteiger partial charge < -0.3 is 0 Å². The summed E-state index contributed by atoms with van der Waals surface area (Å²) in [6.07, 6.45) is 0. The maximum Gasteiger partial charge on any atom is 0.131 e. The van der Waals surface area contributed by atoms with E-state index in [1.807, 2.05) is 24.3 Å². The van der Waals surface area contributed by atoms with Gasteiger partial charge in [0.1, 0.15) is 6.67 Å². The Morgan fingerprint density at radius 3 is 2.92 bits per heavy atom. The van der Waals surface area contributed by atoms with Crippen LogP contribution in [0.15, 0.2) is 34.6 Å². The summed E-state index contributed by atoms with van der Waals surface area (Å²) >= 11 is 5.92. The molecule has 0 unspecified atom stereocenters. The number of hydrogen-bond acceptors (Lipinski definition) is 4. The Morgan fingerprint density at radius 1 is 1.42 bits per heavy atom. The van der Waals surface area contributed by atoms with Gasteiger partial charge in [-0.2, -0.15) is 15.7 Å². The predicted octanol–water partition coefficient (Wildman–Crippen LogP) is 1.99. The van der Waals surface area contributed by atoms with Gasteiger partial charge >= 0.3 is 0 Å². The molecule has 1 heterocycles. The first kappa shape index (κ1) is 7.52. The Bertz CT molecular complexity index is 312. The number of anilines is 1. The molecule has 0 aliphatic carbocycles. The zero-order valence-corrected chi connectivity index (χ0v) is 6.99. The third-order valence-corrected chi connectivity index (χ3v) is 1.84. The van der Waals surface area contributed by atoms with Gasteiger partial charge in [0.05, 0.1) is 10.7 Å². The number of benzene rings is 1. The molecule has 0 saturated heterocycles. The molecule has 0 bridgehead atoms. The van der Waals surface area contributed by atoms with E-state index in [2.05, 4.69) is 15.8 Å². The van der Waals surface area contributed by atoms with E-state index in [-0.39, 0.29) is 0 Å². The molecular formula is C7H7ClN4. The molecule has 0 atom stereocenters. The van der Waals surface area contributed by atoms with Gasteiger partial charge in [0.25, 0.3) is 0 Å². The highest BCUT2D eigenvalue weighted by Crippen LogP contribution is 2.24. The van der Waals surface area contributed by atoms with Crippen molar-refractivity contribution >= 4 is 17.3 Å². The molecule has 5 heteroatoms. The van der Waals surface area contributed by atoms with Crippen LogP contribution in [0, 0.1) is 0 Å². The van der Waals surface area contributed by atoms with Gasteiger partial charge in [-0.3, -0.25) is 0 Å². The smallest absolute Gasteiger partial charge is 0.131 e. The van der Waals surface area contributed by atoms with Gasteiger partial charge in [-0.05, 0) is 12.1 Å². The lowest BCUT2D eigenvalue weighted by atomic mass is 10.3. The Labute approximate surface area is 74.8 Å². The van der Waals surface area contributed by atoms with Crippen LogP contribution in [-0.2, 0) is 0 Å². The van der Waals surface area contributed by atoms with Crippen molar-refractivity contribution < 1.29 is 0 Å². The number of hydrazine groups is 1. The van der Waals surface area contributed by atoms with E-state index in [9.17, 15) is 0 Å². The lowest BCUT2D eigenvalue weighted by Gasteiger charge is -2.12. The van der Waals surface area contributed by atoms with E-state index in [0.29, 0.717) is 11.7 Å². The van der Waals surface area contributed by atoms with Gasteiger partial charge in [-0.25, -0.2) is 0 Å². The van der Waals surface area contributed by atoms with Crippen molar-refractivity contribution in [3.05, 3.63) is 29.3 Å². The molecule has 0 radical (unpaired) electrons. The topological polar surface area (TPSA) is 40.0 Å². The normalized spacial score (nSPS) is 15.6. The Morgan fingerprint density at radius 2 is 2.25 bits per heavy atom. The van der Waals surface area contributed by atoms with E-state index >= 15 is 0 Å². The highest BCUT2D eigenvalue weighted by molar-refractivity contribution is 6.33. The van der Waals surface area contributed by atoms with Crippen LogP contribution in [0.4, 0.5) is 5.69 Å². The Hall–Kier alpha value is -1.13. The summed E-state index contributed by atoms with van der Waals surface area (Å²) in [6.45, 7) is 0.505.